The predicted octanol–water partition coefficient (Wildman–Crippen LogP) is 5.85. The molecule has 1 unspecified atom stereocenters. The lowest BCUT2D eigenvalue weighted by Crippen LogP contribution is -2.32. The highest BCUT2D eigenvalue weighted by Gasteiger charge is 2.33. The van der Waals surface area contributed by atoms with Gasteiger partial charge < -0.3 is 9.84 Å². The zero-order chi connectivity index (χ0) is 22.4. The van der Waals surface area contributed by atoms with Gasteiger partial charge in [0.1, 0.15) is 18.5 Å². The molecule has 1 N–H and O–H groups in total. The highest BCUT2D eigenvalue weighted by atomic mass is 127. The average Bonchev–Trinajstić information content (AvgIpc) is 2.73. The van der Waals surface area contributed by atoms with E-state index in [1.165, 1.54) is 12.1 Å². The maximum absolute atomic E-state index is 13.3. The van der Waals surface area contributed by atoms with Gasteiger partial charge >= 0.3 is 6.18 Å². The lowest BCUT2D eigenvalue weighted by molar-refractivity contribution is -0.137. The molecule has 1 atom stereocenters. The molecule has 7 heteroatoms. The van der Waals surface area contributed by atoms with E-state index in [1.807, 2.05) is 48.3 Å². The van der Waals surface area contributed by atoms with Crippen molar-refractivity contribution in [3.63, 3.8) is 0 Å². The fourth-order valence-electron chi connectivity index (χ4n) is 3.28. The molecule has 0 saturated heterocycles. The third kappa shape index (κ3) is 6.95. The largest absolute Gasteiger partial charge is 0.491 e. The van der Waals surface area contributed by atoms with Crippen LogP contribution in [0.3, 0.4) is 0 Å². The maximum atomic E-state index is 13.3. The summed E-state index contributed by atoms with van der Waals surface area (Å²) in [4.78, 5) is 1.95. The topological polar surface area (TPSA) is 32.7 Å². The Kier molecular flexibility index (Phi) is 7.96. The van der Waals surface area contributed by atoms with Crippen LogP contribution in [-0.4, -0.2) is 36.3 Å². The van der Waals surface area contributed by atoms with E-state index in [0.29, 0.717) is 24.4 Å². The van der Waals surface area contributed by atoms with Gasteiger partial charge in [0.2, 0.25) is 0 Å². The number of benzene rings is 3. The first-order valence-electron chi connectivity index (χ1n) is 9.73. The Morgan fingerprint density at radius 1 is 0.968 bits per heavy atom. The van der Waals surface area contributed by atoms with E-state index < -0.39 is 17.8 Å². The first-order valence-corrected chi connectivity index (χ1v) is 10.8. The molecule has 3 rings (SSSR count). The Morgan fingerprint density at radius 3 is 2.26 bits per heavy atom. The molecule has 0 heterocycles. The zero-order valence-corrected chi connectivity index (χ0v) is 19.1. The molecular formula is C24H23F3INO2. The number of ether oxygens (including phenoxy) is 1. The molecule has 0 fully saturated rings. The molecule has 0 bridgehead atoms. The Morgan fingerprint density at radius 2 is 1.61 bits per heavy atom. The summed E-state index contributed by atoms with van der Waals surface area (Å²) in [6.07, 6.45) is -5.06. The van der Waals surface area contributed by atoms with Crippen LogP contribution in [0.15, 0.2) is 72.8 Å². The van der Waals surface area contributed by atoms with Crippen molar-refractivity contribution in [2.24, 2.45) is 0 Å². The van der Waals surface area contributed by atoms with Crippen molar-refractivity contribution < 1.29 is 23.0 Å². The van der Waals surface area contributed by atoms with Crippen LogP contribution in [0.5, 0.6) is 5.75 Å². The number of hydrogen-bond acceptors (Lipinski definition) is 3. The summed E-state index contributed by atoms with van der Waals surface area (Å²) >= 11 is 2.21. The normalized spacial score (nSPS) is 12.7. The van der Waals surface area contributed by atoms with E-state index in [9.17, 15) is 18.3 Å². The Bertz CT molecular complexity index is 975. The number of aliphatic hydroxyl groups excluding tert-OH is 1. The van der Waals surface area contributed by atoms with E-state index in [1.54, 1.807) is 18.2 Å². The van der Waals surface area contributed by atoms with Crippen LogP contribution in [0.4, 0.5) is 13.2 Å². The van der Waals surface area contributed by atoms with Gasteiger partial charge in [-0.2, -0.15) is 13.2 Å². The van der Waals surface area contributed by atoms with Crippen LogP contribution < -0.4 is 4.74 Å². The third-order valence-corrected chi connectivity index (χ3v) is 5.45. The average molecular weight is 541 g/mol. The molecule has 0 saturated carbocycles. The smallest absolute Gasteiger partial charge is 0.417 e. The van der Waals surface area contributed by atoms with Gasteiger partial charge in [0, 0.05) is 16.7 Å². The van der Waals surface area contributed by atoms with Crippen molar-refractivity contribution in [1.82, 2.24) is 4.90 Å². The van der Waals surface area contributed by atoms with E-state index in [0.717, 1.165) is 15.2 Å². The van der Waals surface area contributed by atoms with Crippen molar-refractivity contribution in [1.29, 1.82) is 0 Å². The van der Waals surface area contributed by atoms with Gasteiger partial charge in [-0.15, -0.1) is 0 Å². The van der Waals surface area contributed by atoms with Crippen molar-refractivity contribution in [3.8, 4) is 16.9 Å². The highest BCUT2D eigenvalue weighted by Crippen LogP contribution is 2.36. The highest BCUT2D eigenvalue weighted by molar-refractivity contribution is 14.1. The second kappa shape index (κ2) is 10.5. The molecule has 0 aliphatic carbocycles. The number of halogens is 4. The van der Waals surface area contributed by atoms with Crippen molar-refractivity contribution in [3.05, 3.63) is 87.5 Å². The summed E-state index contributed by atoms with van der Waals surface area (Å²) in [5.41, 5.74) is 0.987. The van der Waals surface area contributed by atoms with Crippen LogP contribution in [0.1, 0.15) is 11.1 Å². The first kappa shape index (κ1) is 23.6. The molecule has 3 nitrogen and oxygen atoms in total. The van der Waals surface area contributed by atoms with E-state index in [4.69, 9.17) is 4.74 Å². The summed E-state index contributed by atoms with van der Waals surface area (Å²) in [5.74, 6) is 0.705. The number of aliphatic hydroxyl groups is 1. The monoisotopic (exact) mass is 541 g/mol. The van der Waals surface area contributed by atoms with E-state index >= 15 is 0 Å². The summed E-state index contributed by atoms with van der Waals surface area (Å²) in [6.45, 7) is 1.14. The number of nitrogens with zero attached hydrogens (tertiary/aromatic N) is 1. The minimum Gasteiger partial charge on any atom is -0.491 e. The zero-order valence-electron chi connectivity index (χ0n) is 16.9. The minimum absolute atomic E-state index is 0.165. The first-order chi connectivity index (χ1) is 14.7. The molecule has 31 heavy (non-hydrogen) atoms. The Labute approximate surface area is 193 Å². The Hall–Kier alpha value is -2.10. The van der Waals surface area contributed by atoms with Gasteiger partial charge in [-0.3, -0.25) is 4.90 Å². The fraction of sp³-hybridized carbons (Fsp3) is 0.250. The summed E-state index contributed by atoms with van der Waals surface area (Å²) in [7, 11) is 1.88. The van der Waals surface area contributed by atoms with Gasteiger partial charge in [0.05, 0.1) is 5.56 Å². The molecule has 0 aliphatic heterocycles. The number of alkyl halides is 3. The molecule has 0 radical (unpaired) electrons. The maximum Gasteiger partial charge on any atom is 0.417 e. The summed E-state index contributed by atoms with van der Waals surface area (Å²) < 4.78 is 46.5. The van der Waals surface area contributed by atoms with E-state index in [2.05, 4.69) is 22.6 Å². The molecule has 0 aliphatic rings. The van der Waals surface area contributed by atoms with Gasteiger partial charge in [-0.05, 0) is 76.7 Å². The van der Waals surface area contributed by atoms with Crippen LogP contribution in [0, 0.1) is 3.57 Å². The Balaban J connectivity index is 1.55. The quantitative estimate of drug-likeness (QED) is 0.364. The summed E-state index contributed by atoms with van der Waals surface area (Å²) in [5, 5.41) is 10.2. The third-order valence-electron chi connectivity index (χ3n) is 4.73. The SMILES string of the molecule is CN(Cc1ccc(-c2ccccc2C(F)(F)F)cc1)CC(O)COc1ccc(I)cc1. The van der Waals surface area contributed by atoms with Crippen molar-refractivity contribution in [2.75, 3.05) is 20.2 Å². The predicted molar refractivity (Wildman–Crippen MR) is 124 cm³/mol. The standard InChI is InChI=1S/C24H23F3INO2/c1-29(15-20(30)16-31-21-12-10-19(28)11-13-21)14-17-6-8-18(9-7-17)22-4-2-3-5-23(22)24(25,26)27/h2-13,20,30H,14-16H2,1H3. The number of rotatable bonds is 8. The van der Waals surface area contributed by atoms with E-state index in [-0.39, 0.29) is 12.2 Å². The lowest BCUT2D eigenvalue weighted by Gasteiger charge is -2.21. The van der Waals surface area contributed by atoms with Gasteiger partial charge in [-0.1, -0.05) is 42.5 Å². The number of likely N-dealkylation sites (N-methyl/N-ethyl adjacent to an activating group) is 1. The summed E-state index contributed by atoms with van der Waals surface area (Å²) in [6, 6.07) is 20.2. The molecule has 3 aromatic rings. The van der Waals surface area contributed by atoms with Crippen LogP contribution in [0.2, 0.25) is 0 Å². The molecular weight excluding hydrogens is 518 g/mol. The molecule has 3 aromatic carbocycles. The van der Waals surface area contributed by atoms with Gasteiger partial charge in [0.25, 0.3) is 0 Å². The van der Waals surface area contributed by atoms with Crippen LogP contribution >= 0.6 is 22.6 Å². The van der Waals surface area contributed by atoms with Gasteiger partial charge in [-0.25, -0.2) is 0 Å². The molecule has 164 valence electrons. The number of hydrogen-bond donors (Lipinski definition) is 1. The molecule has 0 aromatic heterocycles. The lowest BCUT2D eigenvalue weighted by atomic mass is 9.98. The minimum atomic E-state index is -4.40. The second-order valence-electron chi connectivity index (χ2n) is 7.36. The van der Waals surface area contributed by atoms with Crippen LogP contribution in [-0.2, 0) is 12.7 Å². The van der Waals surface area contributed by atoms with Crippen molar-refractivity contribution in [2.45, 2.75) is 18.8 Å². The van der Waals surface area contributed by atoms with Gasteiger partial charge in [0.15, 0.2) is 0 Å². The molecule has 0 spiro atoms. The second-order valence-corrected chi connectivity index (χ2v) is 8.60. The fourth-order valence-corrected chi connectivity index (χ4v) is 3.64. The molecule has 0 amide bonds. The van der Waals surface area contributed by atoms with Crippen molar-refractivity contribution >= 4 is 22.6 Å². The van der Waals surface area contributed by atoms with Crippen LogP contribution in [0.25, 0.3) is 11.1 Å².